The Bertz CT molecular complexity index is 650. The van der Waals surface area contributed by atoms with Crippen LogP contribution in [0.5, 0.6) is 0 Å². The highest BCUT2D eigenvalue weighted by molar-refractivity contribution is 5.81. The Kier molecular flexibility index (Phi) is 4.22. The molecular weight excluding hydrogens is 336 g/mol. The molecule has 0 aromatic carbocycles. The highest BCUT2D eigenvalue weighted by atomic mass is 16.7. The SMILES string of the molecule is C=CC(=O)OC(OC1CC2CCC1(C)C2(C)C)C1CC2CCC1(C)C2(C)C. The number of ether oxygens (including phenoxy) is 2. The van der Waals surface area contributed by atoms with Crippen molar-refractivity contribution in [2.75, 3.05) is 0 Å². The molecule has 0 aliphatic heterocycles. The van der Waals surface area contributed by atoms with Crippen LogP contribution in [0.2, 0.25) is 0 Å². The number of esters is 1. The topological polar surface area (TPSA) is 35.5 Å². The van der Waals surface area contributed by atoms with Crippen LogP contribution in [0.25, 0.3) is 0 Å². The molecule has 7 atom stereocenters. The van der Waals surface area contributed by atoms with Crippen molar-refractivity contribution in [2.24, 2.45) is 39.4 Å². The van der Waals surface area contributed by atoms with Crippen LogP contribution >= 0.6 is 0 Å². The fourth-order valence-corrected chi connectivity index (χ4v) is 7.54. The summed E-state index contributed by atoms with van der Waals surface area (Å²) in [5.74, 6) is 1.35. The summed E-state index contributed by atoms with van der Waals surface area (Å²) < 4.78 is 12.7. The molecule has 0 N–H and O–H groups in total. The van der Waals surface area contributed by atoms with Gasteiger partial charge in [-0.3, -0.25) is 0 Å². The summed E-state index contributed by atoms with van der Waals surface area (Å²) in [6, 6.07) is 0. The first-order valence-electron chi connectivity index (χ1n) is 11.0. The second-order valence-electron chi connectivity index (χ2n) is 11.5. The molecular formula is C24H38O3. The third-order valence-electron chi connectivity index (χ3n) is 10.6. The van der Waals surface area contributed by atoms with Gasteiger partial charge in [0.15, 0.2) is 0 Å². The molecule has 3 nitrogen and oxygen atoms in total. The summed E-state index contributed by atoms with van der Waals surface area (Å²) in [6.45, 7) is 18.0. The van der Waals surface area contributed by atoms with Gasteiger partial charge in [-0.05, 0) is 72.0 Å². The number of carbonyl (C=O) groups is 1. The average Bonchev–Trinajstić information content (AvgIpc) is 3.12. The summed E-state index contributed by atoms with van der Waals surface area (Å²) >= 11 is 0. The average molecular weight is 375 g/mol. The fourth-order valence-electron chi connectivity index (χ4n) is 7.54. The molecule has 3 heteroatoms. The van der Waals surface area contributed by atoms with Crippen molar-refractivity contribution in [3.05, 3.63) is 12.7 Å². The third kappa shape index (κ3) is 2.39. The first-order chi connectivity index (χ1) is 12.5. The molecule has 4 saturated carbocycles. The molecule has 0 saturated heterocycles. The standard InChI is InChI=1S/C24H38O3/c1-8-19(25)27-20(17-13-15-9-11-23(17,6)21(15,2)3)26-18-14-16-10-12-24(18,7)22(16,4)5/h8,15-18,20H,1,9-14H2,2-7H3. The molecule has 0 heterocycles. The maximum Gasteiger partial charge on any atom is 0.332 e. The highest BCUT2D eigenvalue weighted by Crippen LogP contribution is 2.70. The second-order valence-corrected chi connectivity index (χ2v) is 11.5. The van der Waals surface area contributed by atoms with Crippen LogP contribution in [0, 0.1) is 39.4 Å². The lowest BCUT2D eigenvalue weighted by Crippen LogP contribution is -2.46. The normalized spacial score (nSPS) is 47.2. The minimum absolute atomic E-state index is 0.165. The van der Waals surface area contributed by atoms with Crippen molar-refractivity contribution >= 4 is 5.97 Å². The molecule has 4 rings (SSSR count). The monoisotopic (exact) mass is 374 g/mol. The van der Waals surface area contributed by atoms with E-state index in [9.17, 15) is 4.79 Å². The van der Waals surface area contributed by atoms with Crippen LogP contribution in [0.1, 0.15) is 80.1 Å². The molecule has 0 spiro atoms. The van der Waals surface area contributed by atoms with Crippen LogP contribution in [0.4, 0.5) is 0 Å². The van der Waals surface area contributed by atoms with Crippen LogP contribution < -0.4 is 0 Å². The Balaban J connectivity index is 1.60. The largest absolute Gasteiger partial charge is 0.432 e. The smallest absolute Gasteiger partial charge is 0.332 e. The number of rotatable bonds is 5. The molecule has 4 bridgehead atoms. The van der Waals surface area contributed by atoms with Gasteiger partial charge in [0.25, 0.3) is 0 Å². The van der Waals surface area contributed by atoms with E-state index in [-0.39, 0.29) is 34.2 Å². The van der Waals surface area contributed by atoms with Crippen LogP contribution in [-0.4, -0.2) is 18.4 Å². The lowest BCUT2D eigenvalue weighted by Gasteiger charge is -2.45. The second kappa shape index (κ2) is 5.84. The van der Waals surface area contributed by atoms with Crippen molar-refractivity contribution in [2.45, 2.75) is 92.5 Å². The van der Waals surface area contributed by atoms with Gasteiger partial charge in [0, 0.05) is 12.0 Å². The molecule has 4 fully saturated rings. The van der Waals surface area contributed by atoms with Gasteiger partial charge in [0.1, 0.15) is 0 Å². The quantitative estimate of drug-likeness (QED) is 0.350. The molecule has 0 radical (unpaired) electrons. The molecule has 152 valence electrons. The van der Waals surface area contributed by atoms with Crippen LogP contribution in [-0.2, 0) is 14.3 Å². The van der Waals surface area contributed by atoms with Gasteiger partial charge in [-0.2, -0.15) is 0 Å². The van der Waals surface area contributed by atoms with Gasteiger partial charge in [0.05, 0.1) is 6.10 Å². The highest BCUT2D eigenvalue weighted by Gasteiger charge is 2.66. The van der Waals surface area contributed by atoms with Gasteiger partial charge >= 0.3 is 5.97 Å². The van der Waals surface area contributed by atoms with E-state index in [0.717, 1.165) is 18.8 Å². The summed E-state index contributed by atoms with van der Waals surface area (Å²) in [7, 11) is 0. The number of fused-ring (bicyclic) bond motifs is 4. The summed E-state index contributed by atoms with van der Waals surface area (Å²) in [5, 5.41) is 0. The van der Waals surface area contributed by atoms with E-state index < -0.39 is 6.29 Å². The lowest BCUT2D eigenvalue weighted by molar-refractivity contribution is -0.231. The number of hydrogen-bond acceptors (Lipinski definition) is 3. The first-order valence-corrected chi connectivity index (χ1v) is 11.0. The zero-order valence-corrected chi connectivity index (χ0v) is 18.1. The van der Waals surface area contributed by atoms with Crippen molar-refractivity contribution in [1.29, 1.82) is 0 Å². The zero-order valence-electron chi connectivity index (χ0n) is 18.1. The first kappa shape index (κ1) is 19.5. The molecule has 0 aromatic heterocycles. The van der Waals surface area contributed by atoms with Gasteiger partial charge in [-0.15, -0.1) is 0 Å². The van der Waals surface area contributed by atoms with Gasteiger partial charge in [-0.25, -0.2) is 4.79 Å². The molecule has 7 unspecified atom stereocenters. The maximum absolute atomic E-state index is 12.2. The summed E-state index contributed by atoms with van der Waals surface area (Å²) in [5.41, 5.74) is 0.905. The third-order valence-corrected chi connectivity index (χ3v) is 10.6. The van der Waals surface area contributed by atoms with E-state index in [2.05, 4.69) is 48.1 Å². The van der Waals surface area contributed by atoms with Gasteiger partial charge < -0.3 is 9.47 Å². The van der Waals surface area contributed by atoms with E-state index in [4.69, 9.17) is 9.47 Å². The molecule has 0 amide bonds. The Hall–Kier alpha value is -0.830. The molecule has 4 aliphatic rings. The predicted octanol–water partition coefficient (Wildman–Crippen LogP) is 5.74. The number of hydrogen-bond donors (Lipinski definition) is 0. The van der Waals surface area contributed by atoms with E-state index >= 15 is 0 Å². The van der Waals surface area contributed by atoms with Crippen LogP contribution in [0.3, 0.4) is 0 Å². The van der Waals surface area contributed by atoms with E-state index in [1.54, 1.807) is 0 Å². The molecule has 0 aromatic rings. The van der Waals surface area contributed by atoms with Crippen molar-refractivity contribution in [3.8, 4) is 0 Å². The van der Waals surface area contributed by atoms with Crippen molar-refractivity contribution < 1.29 is 14.3 Å². The lowest BCUT2D eigenvalue weighted by atomic mass is 9.66. The maximum atomic E-state index is 12.2. The Morgan fingerprint density at radius 3 is 1.93 bits per heavy atom. The van der Waals surface area contributed by atoms with Crippen molar-refractivity contribution in [3.63, 3.8) is 0 Å². The van der Waals surface area contributed by atoms with Gasteiger partial charge in [-0.1, -0.05) is 48.1 Å². The zero-order chi connectivity index (χ0) is 19.8. The Morgan fingerprint density at radius 1 is 0.963 bits per heavy atom. The molecule has 27 heavy (non-hydrogen) atoms. The van der Waals surface area contributed by atoms with Crippen LogP contribution in [0.15, 0.2) is 12.7 Å². The minimum Gasteiger partial charge on any atom is -0.432 e. The van der Waals surface area contributed by atoms with E-state index in [1.165, 1.54) is 31.8 Å². The predicted molar refractivity (Wildman–Crippen MR) is 107 cm³/mol. The summed E-state index contributed by atoms with van der Waals surface area (Å²) in [6.07, 6.45) is 8.24. The summed E-state index contributed by atoms with van der Waals surface area (Å²) in [4.78, 5) is 12.2. The minimum atomic E-state index is -0.443. The van der Waals surface area contributed by atoms with Gasteiger partial charge in [0.2, 0.25) is 6.29 Å². The van der Waals surface area contributed by atoms with Crippen molar-refractivity contribution in [1.82, 2.24) is 0 Å². The Morgan fingerprint density at radius 2 is 1.52 bits per heavy atom. The van der Waals surface area contributed by atoms with E-state index in [1.807, 2.05) is 0 Å². The number of carbonyl (C=O) groups excluding carboxylic acids is 1. The van der Waals surface area contributed by atoms with E-state index in [0.29, 0.717) is 11.3 Å². The Labute approximate surface area is 165 Å². The molecule has 4 aliphatic carbocycles. The fraction of sp³-hybridized carbons (Fsp3) is 0.875.